The summed E-state index contributed by atoms with van der Waals surface area (Å²) in [5, 5.41) is 7.12. The van der Waals surface area contributed by atoms with Crippen LogP contribution in [-0.4, -0.2) is 71.7 Å². The smallest absolute Gasteiger partial charge is 0.475 e. The Morgan fingerprint density at radius 3 is 2.22 bits per heavy atom. The number of carboxylic acid groups (broad SMARTS) is 1. The van der Waals surface area contributed by atoms with E-state index in [-0.39, 0.29) is 0 Å². The highest BCUT2D eigenvalue weighted by molar-refractivity contribution is 5.76. The molecule has 1 aliphatic rings. The zero-order valence-corrected chi connectivity index (χ0v) is 18.8. The van der Waals surface area contributed by atoms with Gasteiger partial charge in [0.05, 0.1) is 0 Å². The predicted octanol–water partition coefficient (Wildman–Crippen LogP) is 3.69. The molecular formula is C23H36F3N3O3. The molecule has 0 atom stereocenters. The van der Waals surface area contributed by atoms with Crippen LogP contribution in [0.1, 0.15) is 51.0 Å². The number of amides is 1. The zero-order chi connectivity index (χ0) is 24.0. The van der Waals surface area contributed by atoms with Crippen LogP contribution in [0.5, 0.6) is 0 Å². The fourth-order valence-corrected chi connectivity index (χ4v) is 3.70. The van der Waals surface area contributed by atoms with Crippen LogP contribution in [0.2, 0.25) is 0 Å². The van der Waals surface area contributed by atoms with Gasteiger partial charge in [0, 0.05) is 38.6 Å². The molecule has 1 aliphatic heterocycles. The summed E-state index contributed by atoms with van der Waals surface area (Å²) >= 11 is 0. The number of nitrogens with two attached hydrogens (primary N) is 1. The van der Waals surface area contributed by atoms with Gasteiger partial charge in [0.2, 0.25) is 5.91 Å². The molecule has 182 valence electrons. The molecular weight excluding hydrogens is 423 g/mol. The van der Waals surface area contributed by atoms with Crippen molar-refractivity contribution in [2.24, 2.45) is 5.73 Å². The zero-order valence-electron chi connectivity index (χ0n) is 18.8. The minimum absolute atomic E-state index is 0.315. The highest BCUT2D eigenvalue weighted by Crippen LogP contribution is 2.19. The number of aliphatic carboxylic acids is 1. The molecule has 1 saturated heterocycles. The summed E-state index contributed by atoms with van der Waals surface area (Å²) in [6, 6.07) is 11.1. The predicted molar refractivity (Wildman–Crippen MR) is 118 cm³/mol. The van der Waals surface area contributed by atoms with E-state index in [1.807, 2.05) is 6.92 Å². The second-order valence-electron chi connectivity index (χ2n) is 7.90. The first kappa shape index (κ1) is 27.9. The Hall–Kier alpha value is -2.13. The average molecular weight is 460 g/mol. The van der Waals surface area contributed by atoms with Gasteiger partial charge in [-0.05, 0) is 44.2 Å². The molecule has 9 heteroatoms. The summed E-state index contributed by atoms with van der Waals surface area (Å²) < 4.78 is 31.7. The van der Waals surface area contributed by atoms with Crippen molar-refractivity contribution < 1.29 is 27.9 Å². The molecule has 32 heavy (non-hydrogen) atoms. The lowest BCUT2D eigenvalue weighted by Gasteiger charge is -2.38. The fraction of sp³-hybridized carbons (Fsp3) is 0.652. The normalized spacial score (nSPS) is 15.0. The van der Waals surface area contributed by atoms with Gasteiger partial charge < -0.3 is 20.6 Å². The van der Waals surface area contributed by atoms with Gasteiger partial charge in [-0.2, -0.15) is 13.2 Å². The van der Waals surface area contributed by atoms with E-state index in [2.05, 4.69) is 40.1 Å². The molecule has 0 aromatic heterocycles. The number of nitrogens with zero attached hydrogens (tertiary/aromatic N) is 2. The minimum atomic E-state index is -5.08. The van der Waals surface area contributed by atoms with Gasteiger partial charge in [-0.15, -0.1) is 0 Å². The second-order valence-corrected chi connectivity index (χ2v) is 7.90. The number of carbonyl (C=O) groups is 2. The van der Waals surface area contributed by atoms with Crippen LogP contribution in [0, 0.1) is 0 Å². The fourth-order valence-electron chi connectivity index (χ4n) is 3.70. The lowest BCUT2D eigenvalue weighted by molar-refractivity contribution is -0.192. The first-order chi connectivity index (χ1) is 15.2. The summed E-state index contributed by atoms with van der Waals surface area (Å²) in [6.07, 6.45) is 2.13. The number of piperidine rings is 1. The van der Waals surface area contributed by atoms with Crippen molar-refractivity contribution in [3.05, 3.63) is 35.9 Å². The third kappa shape index (κ3) is 10.9. The van der Waals surface area contributed by atoms with E-state index < -0.39 is 12.1 Å². The van der Waals surface area contributed by atoms with Crippen LogP contribution in [0.4, 0.5) is 13.2 Å². The van der Waals surface area contributed by atoms with Gasteiger partial charge in [-0.1, -0.05) is 43.7 Å². The van der Waals surface area contributed by atoms with Crippen molar-refractivity contribution in [3.63, 3.8) is 0 Å². The van der Waals surface area contributed by atoms with Crippen LogP contribution in [0.3, 0.4) is 0 Å². The van der Waals surface area contributed by atoms with E-state index >= 15 is 0 Å². The first-order valence-electron chi connectivity index (χ1n) is 11.2. The van der Waals surface area contributed by atoms with Gasteiger partial charge in [0.1, 0.15) is 0 Å². The van der Waals surface area contributed by atoms with Crippen LogP contribution in [-0.2, 0) is 16.0 Å². The van der Waals surface area contributed by atoms with E-state index in [9.17, 15) is 18.0 Å². The Morgan fingerprint density at radius 2 is 1.72 bits per heavy atom. The first-order valence-corrected chi connectivity index (χ1v) is 11.2. The molecule has 1 fully saturated rings. The monoisotopic (exact) mass is 459 g/mol. The molecule has 0 radical (unpaired) electrons. The Balaban J connectivity index is 0.000000633. The van der Waals surface area contributed by atoms with E-state index in [4.69, 9.17) is 15.6 Å². The van der Waals surface area contributed by atoms with Crippen molar-refractivity contribution in [2.75, 3.05) is 32.7 Å². The largest absolute Gasteiger partial charge is 0.490 e. The Kier molecular flexibility index (Phi) is 12.9. The Morgan fingerprint density at radius 1 is 1.12 bits per heavy atom. The van der Waals surface area contributed by atoms with Gasteiger partial charge >= 0.3 is 12.1 Å². The van der Waals surface area contributed by atoms with Gasteiger partial charge in [-0.25, -0.2) is 4.79 Å². The minimum Gasteiger partial charge on any atom is -0.475 e. The Bertz CT molecular complexity index is 663. The van der Waals surface area contributed by atoms with E-state index in [1.165, 1.54) is 5.56 Å². The van der Waals surface area contributed by atoms with E-state index in [0.29, 0.717) is 18.4 Å². The SMILES string of the molecule is CCC(=O)N(CCCCCN)C1CCN(CCc2ccccc2)CC1.O=C(O)C(F)(F)F. The molecule has 6 nitrogen and oxygen atoms in total. The average Bonchev–Trinajstić information content (AvgIpc) is 2.78. The molecule has 1 aromatic rings. The molecule has 0 saturated carbocycles. The van der Waals surface area contributed by atoms with Crippen molar-refractivity contribution in [1.29, 1.82) is 0 Å². The highest BCUT2D eigenvalue weighted by atomic mass is 19.4. The topological polar surface area (TPSA) is 86.9 Å². The summed E-state index contributed by atoms with van der Waals surface area (Å²) in [7, 11) is 0. The van der Waals surface area contributed by atoms with Gasteiger partial charge in [0.15, 0.2) is 0 Å². The summed E-state index contributed by atoms with van der Waals surface area (Å²) in [5.41, 5.74) is 6.98. The van der Waals surface area contributed by atoms with Crippen LogP contribution < -0.4 is 5.73 Å². The lowest BCUT2D eigenvalue weighted by Crippen LogP contribution is -2.48. The molecule has 3 N–H and O–H groups in total. The number of hydrogen-bond donors (Lipinski definition) is 2. The summed E-state index contributed by atoms with van der Waals surface area (Å²) in [4.78, 5) is 26.0. The molecule has 1 aromatic carbocycles. The molecule has 0 spiro atoms. The van der Waals surface area contributed by atoms with Crippen LogP contribution in [0.15, 0.2) is 30.3 Å². The van der Waals surface area contributed by atoms with Gasteiger partial charge in [0.25, 0.3) is 0 Å². The lowest BCUT2D eigenvalue weighted by atomic mass is 10.0. The summed E-state index contributed by atoms with van der Waals surface area (Å²) in [6.45, 7) is 6.96. The molecule has 0 unspecified atom stereocenters. The molecule has 1 heterocycles. The summed E-state index contributed by atoms with van der Waals surface area (Å²) in [5.74, 6) is -2.44. The number of unbranched alkanes of at least 4 members (excludes halogenated alkanes) is 2. The molecule has 1 amide bonds. The van der Waals surface area contributed by atoms with Crippen molar-refractivity contribution in [3.8, 4) is 0 Å². The van der Waals surface area contributed by atoms with Crippen LogP contribution >= 0.6 is 0 Å². The maximum Gasteiger partial charge on any atom is 0.490 e. The maximum absolute atomic E-state index is 12.4. The number of hydrogen-bond acceptors (Lipinski definition) is 4. The van der Waals surface area contributed by atoms with Gasteiger partial charge in [-0.3, -0.25) is 4.79 Å². The van der Waals surface area contributed by atoms with Crippen molar-refractivity contribution in [1.82, 2.24) is 9.80 Å². The number of rotatable bonds is 10. The van der Waals surface area contributed by atoms with Crippen LogP contribution in [0.25, 0.3) is 0 Å². The number of carbonyl (C=O) groups excluding carboxylic acids is 1. The molecule has 2 rings (SSSR count). The van der Waals surface area contributed by atoms with Crippen molar-refractivity contribution in [2.45, 2.75) is 64.1 Å². The van der Waals surface area contributed by atoms with Crippen molar-refractivity contribution >= 4 is 11.9 Å². The number of benzene rings is 1. The number of likely N-dealkylation sites (tertiary alicyclic amines) is 1. The molecule has 0 bridgehead atoms. The third-order valence-corrected chi connectivity index (χ3v) is 5.53. The highest BCUT2D eigenvalue weighted by Gasteiger charge is 2.38. The number of alkyl halides is 3. The number of carboxylic acids is 1. The standard InChI is InChI=1S/C21H35N3O.C2HF3O2/c1-2-21(25)24(15-8-4-7-14-22)20-12-17-23(18-13-20)16-11-19-9-5-3-6-10-19;3-2(4,5)1(6)7/h3,5-6,9-10,20H,2,4,7-8,11-18,22H2,1H3;(H,6,7). The third-order valence-electron chi connectivity index (χ3n) is 5.53. The Labute approximate surface area is 188 Å². The van der Waals surface area contributed by atoms with E-state index in [0.717, 1.165) is 71.2 Å². The second kappa shape index (κ2) is 14.8. The quantitative estimate of drug-likeness (QED) is 0.521. The molecule has 0 aliphatic carbocycles. The van der Waals surface area contributed by atoms with E-state index in [1.54, 1.807) is 0 Å². The maximum atomic E-state index is 12.4. The number of halogens is 3.